The van der Waals surface area contributed by atoms with Gasteiger partial charge in [-0.3, -0.25) is 14.4 Å². The van der Waals surface area contributed by atoms with Crippen molar-refractivity contribution in [2.75, 3.05) is 17.2 Å². The summed E-state index contributed by atoms with van der Waals surface area (Å²) in [5, 5.41) is 5.18. The zero-order valence-electron chi connectivity index (χ0n) is 15.9. The molecule has 0 radical (unpaired) electrons. The number of hydrogen-bond acceptors (Lipinski definition) is 4. The monoisotopic (exact) mass is 476 g/mol. The minimum absolute atomic E-state index is 0.00116. The molecule has 0 aliphatic heterocycles. The number of amides is 2. The van der Waals surface area contributed by atoms with Crippen molar-refractivity contribution in [1.82, 2.24) is 0 Å². The zero-order valence-corrected chi connectivity index (χ0v) is 17.4. The highest BCUT2D eigenvalue weighted by Gasteiger charge is 2.30. The number of carbonyl (C=O) groups excluding carboxylic acids is 3. The van der Waals surface area contributed by atoms with Crippen LogP contribution in [0.4, 0.5) is 24.5 Å². The molecule has 2 aromatic rings. The van der Waals surface area contributed by atoms with Crippen molar-refractivity contribution in [1.29, 1.82) is 0 Å². The first-order valence-corrected chi connectivity index (χ1v) is 9.68. The average molecular weight is 477 g/mol. The molecule has 0 saturated heterocycles. The Kier molecular flexibility index (Phi) is 8.70. The summed E-state index contributed by atoms with van der Waals surface area (Å²) in [5.41, 5.74) is -0.619. The number of anilines is 2. The molecule has 0 aliphatic rings. The van der Waals surface area contributed by atoms with Crippen LogP contribution in [0.1, 0.15) is 24.8 Å². The van der Waals surface area contributed by atoms with E-state index in [2.05, 4.69) is 10.6 Å². The molecule has 2 aromatic carbocycles. The SMILES string of the molecule is O=C(CCCC(=O)OCC(=O)Nc1cccc(Cl)c1Cl)Nc1cccc(C(F)(F)F)c1. The third-order valence-corrected chi connectivity index (χ3v) is 4.67. The van der Waals surface area contributed by atoms with Crippen LogP contribution in [0.3, 0.4) is 0 Å². The van der Waals surface area contributed by atoms with Crippen LogP contribution in [0.5, 0.6) is 0 Å². The minimum Gasteiger partial charge on any atom is -0.456 e. The number of rotatable bonds is 8. The van der Waals surface area contributed by atoms with Gasteiger partial charge in [-0.1, -0.05) is 35.3 Å². The van der Waals surface area contributed by atoms with Crippen LogP contribution < -0.4 is 10.6 Å². The van der Waals surface area contributed by atoms with Gasteiger partial charge in [0.1, 0.15) is 0 Å². The zero-order chi connectivity index (χ0) is 23.0. The lowest BCUT2D eigenvalue weighted by atomic mass is 10.2. The van der Waals surface area contributed by atoms with Gasteiger partial charge in [0.25, 0.3) is 5.91 Å². The Morgan fingerprint density at radius 1 is 0.935 bits per heavy atom. The van der Waals surface area contributed by atoms with Crippen LogP contribution in [0.25, 0.3) is 0 Å². The van der Waals surface area contributed by atoms with Gasteiger partial charge in [-0.2, -0.15) is 13.2 Å². The summed E-state index contributed by atoms with van der Waals surface area (Å²) >= 11 is 11.8. The van der Waals surface area contributed by atoms with Crippen LogP contribution in [0, 0.1) is 0 Å². The number of alkyl halides is 3. The third-order valence-electron chi connectivity index (χ3n) is 3.85. The molecule has 0 bridgehead atoms. The summed E-state index contributed by atoms with van der Waals surface area (Å²) in [7, 11) is 0. The summed E-state index contributed by atoms with van der Waals surface area (Å²) in [6, 6.07) is 8.86. The van der Waals surface area contributed by atoms with Crippen LogP contribution >= 0.6 is 23.2 Å². The van der Waals surface area contributed by atoms with Gasteiger partial charge in [-0.05, 0) is 36.8 Å². The van der Waals surface area contributed by atoms with E-state index in [1.807, 2.05) is 0 Å². The number of carbonyl (C=O) groups is 3. The van der Waals surface area contributed by atoms with Crippen LogP contribution in [-0.4, -0.2) is 24.4 Å². The van der Waals surface area contributed by atoms with Crippen molar-refractivity contribution < 1.29 is 32.3 Å². The maximum absolute atomic E-state index is 12.7. The van der Waals surface area contributed by atoms with E-state index in [1.54, 1.807) is 12.1 Å². The molecule has 6 nitrogen and oxygen atoms in total. The summed E-state index contributed by atoms with van der Waals surface area (Å²) in [6.45, 7) is -0.557. The minimum atomic E-state index is -4.52. The highest BCUT2D eigenvalue weighted by Crippen LogP contribution is 2.31. The van der Waals surface area contributed by atoms with E-state index >= 15 is 0 Å². The second-order valence-electron chi connectivity index (χ2n) is 6.29. The van der Waals surface area contributed by atoms with E-state index in [-0.39, 0.29) is 40.7 Å². The first kappa shape index (κ1) is 24.5. The summed E-state index contributed by atoms with van der Waals surface area (Å²) in [6.07, 6.45) is -4.70. The largest absolute Gasteiger partial charge is 0.456 e. The Morgan fingerprint density at radius 3 is 2.35 bits per heavy atom. The lowest BCUT2D eigenvalue weighted by molar-refractivity contribution is -0.147. The standard InChI is InChI=1S/C20H17Cl2F3N2O4/c21-14-6-2-7-15(19(14)22)27-17(29)11-31-18(30)9-3-8-16(28)26-13-5-1-4-12(10-13)20(23,24)25/h1-2,4-7,10H,3,8-9,11H2,(H,26,28)(H,27,29). The van der Waals surface area contributed by atoms with Crippen LogP contribution in [0.2, 0.25) is 10.0 Å². The molecule has 166 valence electrons. The average Bonchev–Trinajstić information content (AvgIpc) is 2.69. The first-order chi connectivity index (χ1) is 14.6. The molecule has 2 amide bonds. The summed E-state index contributed by atoms with van der Waals surface area (Å²) in [5.74, 6) is -1.89. The fourth-order valence-corrected chi connectivity index (χ4v) is 2.74. The fraction of sp³-hybridized carbons (Fsp3) is 0.250. The molecule has 0 saturated carbocycles. The third kappa shape index (κ3) is 8.10. The van der Waals surface area contributed by atoms with E-state index in [0.717, 1.165) is 12.1 Å². The van der Waals surface area contributed by atoms with Gasteiger partial charge in [-0.25, -0.2) is 0 Å². The first-order valence-electron chi connectivity index (χ1n) is 8.93. The summed E-state index contributed by atoms with van der Waals surface area (Å²) < 4.78 is 42.9. The molecular formula is C20H17Cl2F3N2O4. The van der Waals surface area contributed by atoms with Gasteiger partial charge in [-0.15, -0.1) is 0 Å². The molecule has 2 rings (SSSR count). The highest BCUT2D eigenvalue weighted by molar-refractivity contribution is 6.44. The lowest BCUT2D eigenvalue weighted by Gasteiger charge is -2.10. The molecule has 0 aliphatic carbocycles. The van der Waals surface area contributed by atoms with E-state index in [0.29, 0.717) is 0 Å². The maximum atomic E-state index is 12.7. The fourth-order valence-electron chi connectivity index (χ4n) is 2.39. The number of esters is 1. The number of halogens is 5. The maximum Gasteiger partial charge on any atom is 0.416 e. The molecule has 0 spiro atoms. The van der Waals surface area contributed by atoms with Gasteiger partial charge in [0.2, 0.25) is 5.91 Å². The van der Waals surface area contributed by atoms with E-state index in [1.165, 1.54) is 18.2 Å². The van der Waals surface area contributed by atoms with Crippen molar-refractivity contribution in [3.05, 3.63) is 58.1 Å². The smallest absolute Gasteiger partial charge is 0.416 e. The summed E-state index contributed by atoms with van der Waals surface area (Å²) in [4.78, 5) is 35.4. The molecule has 0 heterocycles. The molecule has 0 atom stereocenters. The Balaban J connectivity index is 1.70. The lowest BCUT2D eigenvalue weighted by Crippen LogP contribution is -2.21. The van der Waals surface area contributed by atoms with Gasteiger partial charge >= 0.3 is 12.1 Å². The Morgan fingerprint density at radius 2 is 1.65 bits per heavy atom. The molecule has 11 heteroatoms. The van der Waals surface area contributed by atoms with E-state index in [4.69, 9.17) is 27.9 Å². The number of ether oxygens (including phenoxy) is 1. The topological polar surface area (TPSA) is 84.5 Å². The van der Waals surface area contributed by atoms with Crippen molar-refractivity contribution in [2.45, 2.75) is 25.4 Å². The number of benzene rings is 2. The van der Waals surface area contributed by atoms with Crippen molar-refractivity contribution in [3.63, 3.8) is 0 Å². The second-order valence-corrected chi connectivity index (χ2v) is 7.08. The predicted molar refractivity (Wildman–Crippen MR) is 110 cm³/mol. The van der Waals surface area contributed by atoms with Crippen LogP contribution in [-0.2, 0) is 25.3 Å². The molecule has 2 N–H and O–H groups in total. The van der Waals surface area contributed by atoms with Crippen molar-refractivity contribution in [2.24, 2.45) is 0 Å². The Bertz CT molecular complexity index is 968. The van der Waals surface area contributed by atoms with E-state index in [9.17, 15) is 27.6 Å². The molecule has 0 unspecified atom stereocenters. The Hall–Kier alpha value is -2.78. The molecule has 0 fully saturated rings. The van der Waals surface area contributed by atoms with Gasteiger partial charge < -0.3 is 15.4 Å². The molecular weight excluding hydrogens is 460 g/mol. The number of nitrogens with one attached hydrogen (secondary N) is 2. The molecule has 31 heavy (non-hydrogen) atoms. The highest BCUT2D eigenvalue weighted by atomic mass is 35.5. The van der Waals surface area contributed by atoms with Gasteiger partial charge in [0.15, 0.2) is 6.61 Å². The van der Waals surface area contributed by atoms with Crippen molar-refractivity contribution in [3.8, 4) is 0 Å². The van der Waals surface area contributed by atoms with Gasteiger partial charge in [0.05, 0.1) is 21.3 Å². The van der Waals surface area contributed by atoms with Crippen LogP contribution in [0.15, 0.2) is 42.5 Å². The van der Waals surface area contributed by atoms with E-state index < -0.39 is 36.1 Å². The predicted octanol–water partition coefficient (Wildman–Crippen LogP) is 5.30. The normalized spacial score (nSPS) is 11.0. The quantitative estimate of drug-likeness (QED) is 0.506. The number of hydrogen-bond donors (Lipinski definition) is 2. The van der Waals surface area contributed by atoms with Gasteiger partial charge in [0, 0.05) is 18.5 Å². The second kappa shape index (κ2) is 11.0. The Labute approximate surface area is 185 Å². The molecule has 0 aromatic heterocycles. The van der Waals surface area contributed by atoms with Crippen molar-refractivity contribution >= 4 is 52.4 Å².